The number of carboxylic acids is 1. The summed E-state index contributed by atoms with van der Waals surface area (Å²) >= 11 is 8.56. The quantitative estimate of drug-likeness (QED) is 0.863. The predicted octanol–water partition coefficient (Wildman–Crippen LogP) is 3.30. The van der Waals surface area contributed by atoms with Crippen LogP contribution in [0.5, 0.6) is 0 Å². The highest BCUT2D eigenvalue weighted by molar-refractivity contribution is 9.10. The highest BCUT2D eigenvalue weighted by Crippen LogP contribution is 2.34. The molecule has 0 spiro atoms. The Morgan fingerprint density at radius 3 is 2.33 bits per heavy atom. The summed E-state index contributed by atoms with van der Waals surface area (Å²) in [7, 11) is 0. The van der Waals surface area contributed by atoms with E-state index in [1.165, 1.54) is 11.4 Å². The first-order valence-corrected chi connectivity index (χ1v) is 5.41. The second-order valence-corrected chi connectivity index (χ2v) is 4.27. The summed E-state index contributed by atoms with van der Waals surface area (Å²) in [5.41, 5.74) is -1.15. The maximum Gasteiger partial charge on any atom is 0.471 e. The number of nitrogens with one attached hydrogen (secondary N) is 1. The Labute approximate surface area is 112 Å². The summed E-state index contributed by atoms with van der Waals surface area (Å²) in [4.78, 5) is 21.6. The molecule has 0 aliphatic rings. The largest absolute Gasteiger partial charge is 0.478 e. The van der Waals surface area contributed by atoms with Crippen molar-refractivity contribution < 1.29 is 27.9 Å². The Morgan fingerprint density at radius 2 is 1.89 bits per heavy atom. The van der Waals surface area contributed by atoms with Gasteiger partial charge in [0.2, 0.25) is 0 Å². The predicted molar refractivity (Wildman–Crippen MR) is 60.8 cm³/mol. The summed E-state index contributed by atoms with van der Waals surface area (Å²) < 4.78 is 36.4. The number of hydrogen-bond donors (Lipinski definition) is 2. The molecule has 1 aromatic carbocycles. The van der Waals surface area contributed by atoms with Gasteiger partial charge in [-0.3, -0.25) is 4.79 Å². The van der Waals surface area contributed by atoms with Gasteiger partial charge in [0.25, 0.3) is 0 Å². The maximum absolute atomic E-state index is 12.1. The van der Waals surface area contributed by atoms with Crippen LogP contribution >= 0.6 is 27.5 Å². The lowest BCUT2D eigenvalue weighted by atomic mass is 10.2. The molecule has 0 fully saturated rings. The number of carbonyl (C=O) groups is 2. The Morgan fingerprint density at radius 1 is 1.33 bits per heavy atom. The first-order chi connectivity index (χ1) is 8.14. The summed E-state index contributed by atoms with van der Waals surface area (Å²) in [6, 6.07) is 2.26. The van der Waals surface area contributed by atoms with Gasteiger partial charge in [-0.1, -0.05) is 11.6 Å². The fourth-order valence-corrected chi connectivity index (χ4v) is 1.58. The molecule has 18 heavy (non-hydrogen) atoms. The molecule has 0 saturated carbocycles. The molecular weight excluding hydrogens is 342 g/mol. The molecular formula is C9H4BrClF3NO3. The minimum Gasteiger partial charge on any atom is -0.478 e. The van der Waals surface area contributed by atoms with Crippen LogP contribution in [-0.4, -0.2) is 23.2 Å². The molecule has 0 unspecified atom stereocenters. The molecule has 0 aliphatic heterocycles. The van der Waals surface area contributed by atoms with Gasteiger partial charge in [-0.05, 0) is 28.1 Å². The van der Waals surface area contributed by atoms with Crippen LogP contribution in [0.4, 0.5) is 18.9 Å². The van der Waals surface area contributed by atoms with Gasteiger partial charge in [0.15, 0.2) is 0 Å². The zero-order valence-corrected chi connectivity index (χ0v) is 10.7. The van der Waals surface area contributed by atoms with Crippen molar-refractivity contribution in [3.63, 3.8) is 0 Å². The molecule has 1 aromatic rings. The molecule has 2 N–H and O–H groups in total. The molecule has 4 nitrogen and oxygen atoms in total. The van der Waals surface area contributed by atoms with Crippen molar-refractivity contribution in [2.24, 2.45) is 0 Å². The first-order valence-electron chi connectivity index (χ1n) is 4.24. The molecule has 0 heterocycles. The Hall–Kier alpha value is -1.28. The van der Waals surface area contributed by atoms with Gasteiger partial charge in [-0.2, -0.15) is 13.2 Å². The van der Waals surface area contributed by atoms with Crippen LogP contribution in [0.3, 0.4) is 0 Å². The summed E-state index contributed by atoms with van der Waals surface area (Å²) in [6.07, 6.45) is -5.14. The molecule has 0 radical (unpaired) electrons. The average molecular weight is 346 g/mol. The lowest BCUT2D eigenvalue weighted by Gasteiger charge is -2.12. The van der Waals surface area contributed by atoms with E-state index >= 15 is 0 Å². The topological polar surface area (TPSA) is 66.4 Å². The van der Waals surface area contributed by atoms with Crippen LogP contribution in [-0.2, 0) is 4.79 Å². The normalized spacial score (nSPS) is 11.2. The number of carbonyl (C=O) groups excluding carboxylic acids is 1. The van der Waals surface area contributed by atoms with Gasteiger partial charge in [-0.15, -0.1) is 0 Å². The molecule has 0 bridgehead atoms. The molecule has 9 heteroatoms. The maximum atomic E-state index is 12.1. The lowest BCUT2D eigenvalue weighted by molar-refractivity contribution is -0.167. The molecule has 98 valence electrons. The molecule has 1 amide bonds. The first kappa shape index (κ1) is 14.8. The van der Waals surface area contributed by atoms with E-state index in [0.717, 1.165) is 6.07 Å². The third-order valence-corrected chi connectivity index (χ3v) is 3.10. The number of halogens is 5. The smallest absolute Gasteiger partial charge is 0.471 e. The molecule has 0 atom stereocenters. The Bertz CT molecular complexity index is 519. The number of alkyl halides is 3. The molecule has 1 rings (SSSR count). The van der Waals surface area contributed by atoms with E-state index < -0.39 is 29.3 Å². The van der Waals surface area contributed by atoms with Gasteiger partial charge in [0.1, 0.15) is 0 Å². The van der Waals surface area contributed by atoms with Gasteiger partial charge in [-0.25, -0.2) is 4.79 Å². The second kappa shape index (κ2) is 5.15. The van der Waals surface area contributed by atoms with E-state index in [1.54, 1.807) is 0 Å². The molecule has 0 saturated heterocycles. The van der Waals surface area contributed by atoms with Crippen molar-refractivity contribution in [2.45, 2.75) is 6.18 Å². The van der Waals surface area contributed by atoms with Gasteiger partial charge < -0.3 is 10.4 Å². The SMILES string of the molecule is O=C(O)c1ccc(Br)c(Cl)c1NC(=O)C(F)(F)F. The van der Waals surface area contributed by atoms with Crippen molar-refractivity contribution in [2.75, 3.05) is 5.32 Å². The minimum atomic E-state index is -5.14. The Balaban J connectivity index is 3.26. The Kier molecular flexibility index (Phi) is 4.23. The van der Waals surface area contributed by atoms with Crippen molar-refractivity contribution in [1.82, 2.24) is 0 Å². The zero-order chi connectivity index (χ0) is 14.1. The van der Waals surface area contributed by atoms with E-state index in [1.807, 2.05) is 0 Å². The minimum absolute atomic E-state index is 0.159. The van der Waals surface area contributed by atoms with Crippen LogP contribution in [0.2, 0.25) is 5.02 Å². The summed E-state index contributed by atoms with van der Waals surface area (Å²) in [5, 5.41) is 9.90. The lowest BCUT2D eigenvalue weighted by Crippen LogP contribution is -2.30. The van der Waals surface area contributed by atoms with Crippen LogP contribution < -0.4 is 5.32 Å². The average Bonchev–Trinajstić information content (AvgIpc) is 2.23. The van der Waals surface area contributed by atoms with E-state index in [9.17, 15) is 22.8 Å². The zero-order valence-electron chi connectivity index (χ0n) is 8.31. The third kappa shape index (κ3) is 3.14. The van der Waals surface area contributed by atoms with Crippen molar-refractivity contribution in [3.8, 4) is 0 Å². The molecule has 0 aromatic heterocycles. The van der Waals surface area contributed by atoms with Crippen molar-refractivity contribution >= 4 is 45.1 Å². The van der Waals surface area contributed by atoms with Gasteiger partial charge in [0, 0.05) is 4.47 Å². The number of aromatic carboxylic acids is 1. The number of anilines is 1. The van der Waals surface area contributed by atoms with E-state index in [0.29, 0.717) is 0 Å². The second-order valence-electron chi connectivity index (χ2n) is 3.04. The van der Waals surface area contributed by atoms with E-state index in [-0.39, 0.29) is 9.50 Å². The number of hydrogen-bond acceptors (Lipinski definition) is 2. The number of benzene rings is 1. The number of amides is 1. The number of rotatable bonds is 2. The fourth-order valence-electron chi connectivity index (χ4n) is 1.04. The van der Waals surface area contributed by atoms with Crippen LogP contribution in [0.1, 0.15) is 10.4 Å². The third-order valence-electron chi connectivity index (χ3n) is 1.82. The highest BCUT2D eigenvalue weighted by atomic mass is 79.9. The van der Waals surface area contributed by atoms with Gasteiger partial charge >= 0.3 is 18.1 Å². The fraction of sp³-hybridized carbons (Fsp3) is 0.111. The van der Waals surface area contributed by atoms with Crippen LogP contribution in [0.25, 0.3) is 0 Å². The standard InChI is InChI=1S/C9H4BrClF3NO3/c10-4-2-1-3(7(16)17)6(5(4)11)15-8(18)9(12,13)14/h1-2H,(H,15,18)(H,16,17). The molecule has 0 aliphatic carbocycles. The van der Waals surface area contributed by atoms with Crippen LogP contribution in [0, 0.1) is 0 Å². The summed E-state index contributed by atoms with van der Waals surface area (Å²) in [6.45, 7) is 0. The van der Waals surface area contributed by atoms with E-state index in [4.69, 9.17) is 16.7 Å². The summed E-state index contributed by atoms with van der Waals surface area (Å²) in [5.74, 6) is -3.81. The number of carboxylic acid groups (broad SMARTS) is 1. The highest BCUT2D eigenvalue weighted by Gasteiger charge is 2.39. The van der Waals surface area contributed by atoms with Crippen molar-refractivity contribution in [3.05, 3.63) is 27.2 Å². The van der Waals surface area contributed by atoms with Crippen molar-refractivity contribution in [1.29, 1.82) is 0 Å². The monoisotopic (exact) mass is 345 g/mol. The van der Waals surface area contributed by atoms with Gasteiger partial charge in [0.05, 0.1) is 16.3 Å². The van der Waals surface area contributed by atoms with Crippen LogP contribution in [0.15, 0.2) is 16.6 Å². The van der Waals surface area contributed by atoms with E-state index in [2.05, 4.69) is 15.9 Å².